The van der Waals surface area contributed by atoms with Gasteiger partial charge in [0.15, 0.2) is 11.5 Å². The van der Waals surface area contributed by atoms with E-state index in [1.165, 1.54) is 0 Å². The smallest absolute Gasteiger partial charge is 0.325 e. The number of urea groups is 1. The van der Waals surface area contributed by atoms with Crippen molar-refractivity contribution in [2.24, 2.45) is 0 Å². The first-order valence-corrected chi connectivity index (χ1v) is 11.0. The SMILES string of the molecule is COc1ccccc1Oc1ccc(CN2C(=O)NC(CCS(C)(=O)=O)C2=O)cc1. The number of sulfone groups is 1. The molecule has 1 atom stereocenters. The summed E-state index contributed by atoms with van der Waals surface area (Å²) in [6.45, 7) is 0.0922. The summed E-state index contributed by atoms with van der Waals surface area (Å²) in [6.07, 6.45) is 1.16. The Morgan fingerprint density at radius 3 is 2.31 bits per heavy atom. The summed E-state index contributed by atoms with van der Waals surface area (Å²) in [5.74, 6) is 1.18. The topological polar surface area (TPSA) is 102 Å². The van der Waals surface area contributed by atoms with Gasteiger partial charge in [-0.1, -0.05) is 24.3 Å². The standard InChI is InChI=1S/C20H22N2O6S/c1-27-17-5-3-4-6-18(17)28-15-9-7-14(8-10-15)13-22-19(23)16(21-20(22)24)11-12-29(2,25)26/h3-10,16H,11-13H2,1-2H3,(H,21,24). The van der Waals surface area contributed by atoms with Gasteiger partial charge in [-0.15, -0.1) is 0 Å². The molecule has 2 aromatic carbocycles. The molecule has 2 aromatic rings. The highest BCUT2D eigenvalue weighted by atomic mass is 32.2. The molecule has 0 radical (unpaired) electrons. The van der Waals surface area contributed by atoms with Crippen molar-refractivity contribution in [3.63, 3.8) is 0 Å². The number of hydrogen-bond donors (Lipinski definition) is 1. The van der Waals surface area contributed by atoms with E-state index in [1.54, 1.807) is 43.5 Å². The molecular weight excluding hydrogens is 396 g/mol. The Labute approximate surface area is 169 Å². The lowest BCUT2D eigenvalue weighted by Crippen LogP contribution is -2.32. The van der Waals surface area contributed by atoms with E-state index in [-0.39, 0.29) is 18.7 Å². The first-order chi connectivity index (χ1) is 13.8. The summed E-state index contributed by atoms with van der Waals surface area (Å²) in [5.41, 5.74) is 0.740. The summed E-state index contributed by atoms with van der Waals surface area (Å²) in [5, 5.41) is 2.54. The molecule has 1 unspecified atom stereocenters. The van der Waals surface area contributed by atoms with Crippen molar-refractivity contribution in [3.05, 3.63) is 54.1 Å². The molecule has 154 valence electrons. The molecule has 1 aliphatic rings. The number of para-hydroxylation sites is 2. The normalized spacial score (nSPS) is 16.6. The second-order valence-electron chi connectivity index (χ2n) is 6.74. The third-order valence-corrected chi connectivity index (χ3v) is 5.42. The van der Waals surface area contributed by atoms with Gasteiger partial charge in [-0.3, -0.25) is 9.69 Å². The molecular formula is C20H22N2O6S. The van der Waals surface area contributed by atoms with Crippen LogP contribution in [-0.4, -0.2) is 50.4 Å². The average molecular weight is 418 g/mol. The number of carbonyl (C=O) groups is 2. The third-order valence-electron chi connectivity index (χ3n) is 4.45. The maximum absolute atomic E-state index is 12.4. The molecule has 0 saturated carbocycles. The summed E-state index contributed by atoms with van der Waals surface area (Å²) in [7, 11) is -1.65. The second kappa shape index (κ2) is 8.52. The number of benzene rings is 2. The molecule has 0 aliphatic carbocycles. The Morgan fingerprint density at radius 1 is 1.03 bits per heavy atom. The minimum Gasteiger partial charge on any atom is -0.493 e. The molecule has 0 bridgehead atoms. The quantitative estimate of drug-likeness (QED) is 0.660. The second-order valence-corrected chi connectivity index (χ2v) is 9.00. The van der Waals surface area contributed by atoms with Crippen LogP contribution in [0.5, 0.6) is 17.2 Å². The van der Waals surface area contributed by atoms with Gasteiger partial charge in [0.1, 0.15) is 21.6 Å². The van der Waals surface area contributed by atoms with E-state index >= 15 is 0 Å². The highest BCUT2D eigenvalue weighted by Gasteiger charge is 2.37. The summed E-state index contributed by atoms with van der Waals surface area (Å²) in [4.78, 5) is 25.6. The zero-order valence-corrected chi connectivity index (χ0v) is 16.9. The fourth-order valence-electron chi connectivity index (χ4n) is 2.93. The molecule has 29 heavy (non-hydrogen) atoms. The van der Waals surface area contributed by atoms with Gasteiger partial charge in [-0.25, -0.2) is 13.2 Å². The van der Waals surface area contributed by atoms with Crippen molar-refractivity contribution in [3.8, 4) is 17.2 Å². The lowest BCUT2D eigenvalue weighted by molar-refractivity contribution is -0.127. The average Bonchev–Trinajstić information content (AvgIpc) is 2.95. The number of hydrogen-bond acceptors (Lipinski definition) is 6. The number of nitrogens with zero attached hydrogens (tertiary/aromatic N) is 1. The van der Waals surface area contributed by atoms with E-state index < -0.39 is 27.8 Å². The molecule has 3 rings (SSSR count). The van der Waals surface area contributed by atoms with E-state index in [9.17, 15) is 18.0 Å². The minimum atomic E-state index is -3.21. The number of nitrogens with one attached hydrogen (secondary N) is 1. The number of rotatable bonds is 8. The van der Waals surface area contributed by atoms with Gasteiger partial charge in [-0.05, 0) is 36.2 Å². The first kappa shape index (κ1) is 20.7. The zero-order chi connectivity index (χ0) is 21.0. The molecule has 1 saturated heterocycles. The van der Waals surface area contributed by atoms with E-state index in [0.29, 0.717) is 17.2 Å². The Bertz CT molecular complexity index is 1000. The van der Waals surface area contributed by atoms with E-state index in [4.69, 9.17) is 9.47 Å². The van der Waals surface area contributed by atoms with Crippen LogP contribution in [0.15, 0.2) is 48.5 Å². The van der Waals surface area contributed by atoms with Gasteiger partial charge in [0.2, 0.25) is 0 Å². The molecule has 9 heteroatoms. The summed E-state index contributed by atoms with van der Waals surface area (Å²) < 4.78 is 33.6. The molecule has 1 N–H and O–H groups in total. The highest BCUT2D eigenvalue weighted by molar-refractivity contribution is 7.90. The zero-order valence-electron chi connectivity index (χ0n) is 16.1. The van der Waals surface area contributed by atoms with Crippen LogP contribution in [0.25, 0.3) is 0 Å². The van der Waals surface area contributed by atoms with Gasteiger partial charge >= 0.3 is 6.03 Å². The molecule has 0 aromatic heterocycles. The van der Waals surface area contributed by atoms with Crippen LogP contribution in [0.3, 0.4) is 0 Å². The van der Waals surface area contributed by atoms with Crippen LogP contribution in [0.2, 0.25) is 0 Å². The number of imide groups is 1. The van der Waals surface area contributed by atoms with Crippen molar-refractivity contribution in [1.29, 1.82) is 0 Å². The molecule has 1 heterocycles. The predicted octanol–water partition coefficient (Wildman–Crippen LogP) is 2.34. The Kier molecular flexibility index (Phi) is 6.07. The molecule has 0 spiro atoms. The van der Waals surface area contributed by atoms with Crippen molar-refractivity contribution < 1.29 is 27.5 Å². The third kappa shape index (κ3) is 5.26. The van der Waals surface area contributed by atoms with Gasteiger partial charge in [0.25, 0.3) is 5.91 Å². The minimum absolute atomic E-state index is 0.0611. The van der Waals surface area contributed by atoms with Crippen LogP contribution in [0.1, 0.15) is 12.0 Å². The molecule has 8 nitrogen and oxygen atoms in total. The monoisotopic (exact) mass is 418 g/mol. The first-order valence-electron chi connectivity index (χ1n) is 8.96. The predicted molar refractivity (Wildman–Crippen MR) is 107 cm³/mol. The van der Waals surface area contributed by atoms with Gasteiger partial charge < -0.3 is 14.8 Å². The van der Waals surface area contributed by atoms with E-state index in [0.717, 1.165) is 16.7 Å². The molecule has 1 aliphatic heterocycles. The Balaban J connectivity index is 1.63. The van der Waals surface area contributed by atoms with Crippen molar-refractivity contribution >= 4 is 21.8 Å². The number of carbonyl (C=O) groups excluding carboxylic acids is 2. The van der Waals surface area contributed by atoms with Crippen LogP contribution < -0.4 is 14.8 Å². The lowest BCUT2D eigenvalue weighted by Gasteiger charge is -2.14. The van der Waals surface area contributed by atoms with Crippen LogP contribution >= 0.6 is 0 Å². The van der Waals surface area contributed by atoms with Crippen molar-refractivity contribution in [2.75, 3.05) is 19.1 Å². The maximum Gasteiger partial charge on any atom is 0.325 e. The summed E-state index contributed by atoms with van der Waals surface area (Å²) >= 11 is 0. The lowest BCUT2D eigenvalue weighted by atomic mass is 10.2. The van der Waals surface area contributed by atoms with Gasteiger partial charge in [-0.2, -0.15) is 0 Å². The van der Waals surface area contributed by atoms with Gasteiger partial charge in [0.05, 0.1) is 19.4 Å². The fraction of sp³-hybridized carbons (Fsp3) is 0.300. The maximum atomic E-state index is 12.4. The summed E-state index contributed by atoms with van der Waals surface area (Å²) in [6, 6.07) is 12.9. The van der Waals surface area contributed by atoms with Crippen molar-refractivity contribution in [2.45, 2.75) is 19.0 Å². The van der Waals surface area contributed by atoms with Crippen LogP contribution in [-0.2, 0) is 21.2 Å². The number of ether oxygens (including phenoxy) is 2. The van der Waals surface area contributed by atoms with Gasteiger partial charge in [0, 0.05) is 6.26 Å². The number of methoxy groups -OCH3 is 1. The van der Waals surface area contributed by atoms with E-state index in [1.807, 2.05) is 12.1 Å². The highest BCUT2D eigenvalue weighted by Crippen LogP contribution is 2.31. The Hall–Kier alpha value is -3.07. The molecule has 1 fully saturated rings. The molecule has 3 amide bonds. The van der Waals surface area contributed by atoms with Crippen molar-refractivity contribution in [1.82, 2.24) is 10.2 Å². The van der Waals surface area contributed by atoms with Crippen LogP contribution in [0, 0.1) is 0 Å². The Morgan fingerprint density at radius 2 is 1.69 bits per heavy atom. The van der Waals surface area contributed by atoms with Crippen LogP contribution in [0.4, 0.5) is 4.79 Å². The largest absolute Gasteiger partial charge is 0.493 e. The number of amides is 3. The van der Waals surface area contributed by atoms with E-state index in [2.05, 4.69) is 5.32 Å². The fourth-order valence-corrected chi connectivity index (χ4v) is 3.59.